The number of fused-ring (bicyclic) bond motifs is 2. The number of carbonyl (C=O) groups excluding carboxylic acids is 1. The molecule has 10 heteroatoms. The van der Waals surface area contributed by atoms with E-state index in [0.29, 0.717) is 53.2 Å². The molecule has 0 radical (unpaired) electrons. The number of nitrogens with one attached hydrogen (secondary N) is 2. The number of nitrogens with zero attached hydrogens (tertiary/aromatic N) is 4. The van der Waals surface area contributed by atoms with Gasteiger partial charge in [-0.15, -0.1) is 0 Å². The van der Waals surface area contributed by atoms with Crippen molar-refractivity contribution in [2.75, 3.05) is 39.2 Å². The van der Waals surface area contributed by atoms with Crippen LogP contribution in [0.15, 0.2) is 48.8 Å². The number of anilines is 1. The number of rotatable bonds is 7. The van der Waals surface area contributed by atoms with Crippen LogP contribution in [0.5, 0.6) is 5.75 Å². The van der Waals surface area contributed by atoms with E-state index in [-0.39, 0.29) is 11.9 Å². The number of aromatic amines is 1. The molecule has 2 aromatic heterocycles. The quantitative estimate of drug-likeness (QED) is 0.387. The fourth-order valence-corrected chi connectivity index (χ4v) is 4.20. The van der Waals surface area contributed by atoms with Gasteiger partial charge in [-0.25, -0.2) is 15.0 Å². The van der Waals surface area contributed by atoms with Gasteiger partial charge in [0.1, 0.15) is 29.8 Å². The van der Waals surface area contributed by atoms with Crippen LogP contribution in [0.1, 0.15) is 22.2 Å². The summed E-state index contributed by atoms with van der Waals surface area (Å²) in [7, 11) is 3.17. The molecule has 2 N–H and O–H groups in total. The molecule has 1 amide bonds. The van der Waals surface area contributed by atoms with Crippen molar-refractivity contribution in [1.29, 1.82) is 0 Å². The highest BCUT2D eigenvalue weighted by molar-refractivity contribution is 6.31. The molecule has 1 atom stereocenters. The first-order chi connectivity index (χ1) is 16.6. The Morgan fingerprint density at radius 1 is 1.18 bits per heavy atom. The van der Waals surface area contributed by atoms with Gasteiger partial charge in [-0.05, 0) is 30.3 Å². The van der Waals surface area contributed by atoms with Gasteiger partial charge in [-0.1, -0.05) is 23.8 Å². The molecule has 0 unspecified atom stereocenters. The van der Waals surface area contributed by atoms with Crippen molar-refractivity contribution in [3.05, 3.63) is 65.2 Å². The van der Waals surface area contributed by atoms with E-state index in [2.05, 4.69) is 25.3 Å². The number of hydrogen-bond donors (Lipinski definition) is 2. The van der Waals surface area contributed by atoms with Gasteiger partial charge in [-0.3, -0.25) is 4.79 Å². The third-order valence-electron chi connectivity index (χ3n) is 5.73. The number of aromatic nitrogens is 4. The number of benzene rings is 2. The van der Waals surface area contributed by atoms with Crippen LogP contribution < -0.4 is 10.1 Å². The van der Waals surface area contributed by atoms with Crippen LogP contribution >= 0.6 is 11.6 Å². The molecule has 3 heterocycles. The first kappa shape index (κ1) is 22.1. The van der Waals surface area contributed by atoms with Gasteiger partial charge in [0, 0.05) is 30.6 Å². The molecule has 0 fully saturated rings. The smallest absolute Gasteiger partial charge is 0.258 e. The number of amides is 1. The molecule has 0 saturated heterocycles. The number of H-pyrrole nitrogens is 1. The van der Waals surface area contributed by atoms with E-state index >= 15 is 0 Å². The van der Waals surface area contributed by atoms with Crippen molar-refractivity contribution >= 4 is 45.3 Å². The maximum Gasteiger partial charge on any atom is 0.258 e. The summed E-state index contributed by atoms with van der Waals surface area (Å²) in [6.45, 7) is 1.50. The molecule has 1 aliphatic heterocycles. The minimum atomic E-state index is -0.322. The lowest BCUT2D eigenvalue weighted by molar-refractivity contribution is 0.0797. The molecule has 9 nitrogen and oxygen atoms in total. The molecule has 4 aromatic rings. The zero-order valence-corrected chi connectivity index (χ0v) is 19.5. The molecule has 2 aromatic carbocycles. The van der Waals surface area contributed by atoms with Crippen LogP contribution in [0.25, 0.3) is 21.9 Å². The lowest BCUT2D eigenvalue weighted by Crippen LogP contribution is -2.28. The lowest BCUT2D eigenvalue weighted by atomic mass is 10.1. The third-order valence-corrected chi connectivity index (χ3v) is 5.97. The van der Waals surface area contributed by atoms with Gasteiger partial charge in [0.15, 0.2) is 0 Å². The monoisotopic (exact) mass is 478 g/mol. The van der Waals surface area contributed by atoms with E-state index in [1.54, 1.807) is 37.3 Å². The Morgan fingerprint density at radius 3 is 2.76 bits per heavy atom. The SMILES string of the molecule is COC[C@H](Nc1ncnc2cc(C(=O)N3CC=CC3)c(OC)cc12)c1nc2cc(Cl)ccc2[nH]1. The molecule has 0 bridgehead atoms. The Bertz CT molecular complexity index is 1390. The van der Waals surface area contributed by atoms with E-state index in [4.69, 9.17) is 21.1 Å². The first-order valence-corrected chi connectivity index (χ1v) is 11.1. The Morgan fingerprint density at radius 2 is 2.00 bits per heavy atom. The highest BCUT2D eigenvalue weighted by Crippen LogP contribution is 2.31. The fraction of sp³-hybridized carbons (Fsp3) is 0.250. The minimum Gasteiger partial charge on any atom is -0.496 e. The second-order valence-electron chi connectivity index (χ2n) is 7.91. The zero-order chi connectivity index (χ0) is 23.7. The molecule has 5 rings (SSSR count). The summed E-state index contributed by atoms with van der Waals surface area (Å²) in [4.78, 5) is 31.6. The molecule has 1 aliphatic rings. The molecule has 34 heavy (non-hydrogen) atoms. The number of halogens is 1. The number of imidazole rings is 1. The van der Waals surface area contributed by atoms with Gasteiger partial charge < -0.3 is 24.7 Å². The Labute approximate surface area is 200 Å². The third kappa shape index (κ3) is 4.15. The Balaban J connectivity index is 1.52. The standard InChI is InChI=1S/C24H23ClN6O3/c1-33-12-20(23-28-17-6-5-14(25)9-19(17)29-23)30-22-15-11-21(34-2)16(10-18(15)26-13-27-22)24(32)31-7-3-4-8-31/h3-6,9-11,13,20H,7-8,12H2,1-2H3,(H,28,29)(H,26,27,30)/t20-/m0/s1. The van der Waals surface area contributed by atoms with Crippen molar-refractivity contribution < 1.29 is 14.3 Å². The maximum absolute atomic E-state index is 13.0. The topological polar surface area (TPSA) is 105 Å². The van der Waals surface area contributed by atoms with Crippen LogP contribution in [0, 0.1) is 0 Å². The normalized spacial score (nSPS) is 14.1. The van der Waals surface area contributed by atoms with Crippen molar-refractivity contribution in [3.8, 4) is 5.75 Å². The fourth-order valence-electron chi connectivity index (χ4n) is 4.03. The Hall–Kier alpha value is -3.69. The van der Waals surface area contributed by atoms with Crippen molar-refractivity contribution in [3.63, 3.8) is 0 Å². The molecular weight excluding hydrogens is 456 g/mol. The van der Waals surface area contributed by atoms with Gasteiger partial charge in [0.25, 0.3) is 5.91 Å². The summed E-state index contributed by atoms with van der Waals surface area (Å²) >= 11 is 6.12. The summed E-state index contributed by atoms with van der Waals surface area (Å²) in [5, 5.41) is 4.74. The van der Waals surface area contributed by atoms with Crippen LogP contribution in [0.3, 0.4) is 0 Å². The number of methoxy groups -OCH3 is 2. The summed E-state index contributed by atoms with van der Waals surface area (Å²) < 4.78 is 11.0. The lowest BCUT2D eigenvalue weighted by Gasteiger charge is -2.20. The highest BCUT2D eigenvalue weighted by Gasteiger charge is 2.23. The Kier molecular flexibility index (Phi) is 6.04. The van der Waals surface area contributed by atoms with Gasteiger partial charge >= 0.3 is 0 Å². The van der Waals surface area contributed by atoms with E-state index in [0.717, 1.165) is 16.4 Å². The van der Waals surface area contributed by atoms with Gasteiger partial charge in [-0.2, -0.15) is 0 Å². The molecule has 0 spiro atoms. The largest absolute Gasteiger partial charge is 0.496 e. The van der Waals surface area contributed by atoms with E-state index in [1.165, 1.54) is 6.33 Å². The van der Waals surface area contributed by atoms with Crippen molar-refractivity contribution in [1.82, 2.24) is 24.8 Å². The average molecular weight is 479 g/mol. The summed E-state index contributed by atoms with van der Waals surface area (Å²) in [5.41, 5.74) is 2.72. The van der Waals surface area contributed by atoms with E-state index in [1.807, 2.05) is 24.3 Å². The predicted molar refractivity (Wildman–Crippen MR) is 130 cm³/mol. The molecule has 0 saturated carbocycles. The van der Waals surface area contributed by atoms with Gasteiger partial charge in [0.2, 0.25) is 0 Å². The van der Waals surface area contributed by atoms with Crippen LogP contribution in [0.4, 0.5) is 5.82 Å². The first-order valence-electron chi connectivity index (χ1n) is 10.7. The predicted octanol–water partition coefficient (Wildman–Crippen LogP) is 3.98. The second kappa shape index (κ2) is 9.28. The van der Waals surface area contributed by atoms with Crippen LogP contribution in [-0.4, -0.2) is 64.7 Å². The molecular formula is C24H23ClN6O3. The van der Waals surface area contributed by atoms with Crippen molar-refractivity contribution in [2.45, 2.75) is 6.04 Å². The number of hydrogen-bond acceptors (Lipinski definition) is 7. The number of ether oxygens (including phenoxy) is 2. The van der Waals surface area contributed by atoms with E-state index < -0.39 is 0 Å². The average Bonchev–Trinajstić information content (AvgIpc) is 3.52. The summed E-state index contributed by atoms with van der Waals surface area (Å²) in [5.74, 6) is 1.62. The zero-order valence-electron chi connectivity index (χ0n) is 18.7. The summed E-state index contributed by atoms with van der Waals surface area (Å²) in [6, 6.07) is 8.72. The minimum absolute atomic E-state index is 0.102. The van der Waals surface area contributed by atoms with E-state index in [9.17, 15) is 4.79 Å². The summed E-state index contributed by atoms with van der Waals surface area (Å²) in [6.07, 6.45) is 5.40. The second-order valence-corrected chi connectivity index (χ2v) is 8.35. The maximum atomic E-state index is 13.0. The van der Waals surface area contributed by atoms with Gasteiger partial charge in [0.05, 0.1) is 35.8 Å². The van der Waals surface area contributed by atoms with Crippen molar-refractivity contribution in [2.24, 2.45) is 0 Å². The highest BCUT2D eigenvalue weighted by atomic mass is 35.5. The molecule has 0 aliphatic carbocycles. The van der Waals surface area contributed by atoms with Crippen LogP contribution in [-0.2, 0) is 4.74 Å². The molecule has 174 valence electrons. The van der Waals surface area contributed by atoms with Crippen LogP contribution in [0.2, 0.25) is 5.02 Å². The number of carbonyl (C=O) groups is 1.